The molecule has 3 heteroatoms. The fraction of sp³-hybridized carbons (Fsp3) is 0.647. The molecule has 0 saturated heterocycles. The molecule has 0 aliphatic heterocycles. The third-order valence-corrected chi connectivity index (χ3v) is 4.13. The SMILES string of the molecule is CCCNCC1(OCc2ccccc2F)CCCCC1. The van der Waals surface area contributed by atoms with Gasteiger partial charge in [0.15, 0.2) is 0 Å². The van der Waals surface area contributed by atoms with Gasteiger partial charge in [-0.25, -0.2) is 4.39 Å². The van der Waals surface area contributed by atoms with Crippen LogP contribution in [0.1, 0.15) is 51.0 Å². The van der Waals surface area contributed by atoms with Crippen LogP contribution >= 0.6 is 0 Å². The van der Waals surface area contributed by atoms with Crippen molar-refractivity contribution in [1.29, 1.82) is 0 Å². The number of hydrogen-bond acceptors (Lipinski definition) is 2. The maximum Gasteiger partial charge on any atom is 0.128 e. The average molecular weight is 279 g/mol. The van der Waals surface area contributed by atoms with Crippen molar-refractivity contribution in [2.45, 2.75) is 57.7 Å². The third-order valence-electron chi connectivity index (χ3n) is 4.13. The summed E-state index contributed by atoms with van der Waals surface area (Å²) in [4.78, 5) is 0. The zero-order chi connectivity index (χ0) is 14.3. The van der Waals surface area contributed by atoms with Crippen LogP contribution in [0.25, 0.3) is 0 Å². The molecule has 0 radical (unpaired) electrons. The molecule has 112 valence electrons. The largest absolute Gasteiger partial charge is 0.369 e. The average Bonchev–Trinajstić information content (AvgIpc) is 2.48. The smallest absolute Gasteiger partial charge is 0.128 e. The first-order chi connectivity index (χ1) is 9.76. The van der Waals surface area contributed by atoms with Gasteiger partial charge >= 0.3 is 0 Å². The van der Waals surface area contributed by atoms with Crippen LogP contribution in [0.5, 0.6) is 0 Å². The van der Waals surface area contributed by atoms with E-state index in [9.17, 15) is 4.39 Å². The maximum absolute atomic E-state index is 13.7. The van der Waals surface area contributed by atoms with E-state index in [-0.39, 0.29) is 11.4 Å². The van der Waals surface area contributed by atoms with Crippen LogP contribution in [0.3, 0.4) is 0 Å². The van der Waals surface area contributed by atoms with Gasteiger partial charge in [0.05, 0.1) is 12.2 Å². The summed E-state index contributed by atoms with van der Waals surface area (Å²) in [7, 11) is 0. The highest BCUT2D eigenvalue weighted by Gasteiger charge is 2.32. The minimum Gasteiger partial charge on any atom is -0.369 e. The predicted octanol–water partition coefficient (Wildman–Crippen LogP) is 4.04. The Morgan fingerprint density at radius 3 is 2.65 bits per heavy atom. The van der Waals surface area contributed by atoms with E-state index >= 15 is 0 Å². The highest BCUT2D eigenvalue weighted by atomic mass is 19.1. The van der Waals surface area contributed by atoms with Gasteiger partial charge in [-0.3, -0.25) is 0 Å². The molecule has 1 N–H and O–H groups in total. The molecule has 0 aromatic heterocycles. The second kappa shape index (κ2) is 7.75. The van der Waals surface area contributed by atoms with Crippen LogP contribution in [-0.4, -0.2) is 18.7 Å². The highest BCUT2D eigenvalue weighted by molar-refractivity contribution is 5.16. The molecule has 0 amide bonds. The lowest BCUT2D eigenvalue weighted by Crippen LogP contribution is -2.44. The van der Waals surface area contributed by atoms with Crippen molar-refractivity contribution in [1.82, 2.24) is 5.32 Å². The van der Waals surface area contributed by atoms with Crippen molar-refractivity contribution < 1.29 is 9.13 Å². The zero-order valence-corrected chi connectivity index (χ0v) is 12.5. The summed E-state index contributed by atoms with van der Waals surface area (Å²) in [5.74, 6) is -0.167. The van der Waals surface area contributed by atoms with Crippen molar-refractivity contribution in [3.05, 3.63) is 35.6 Å². The van der Waals surface area contributed by atoms with Crippen molar-refractivity contribution in [3.63, 3.8) is 0 Å². The molecule has 1 aromatic rings. The monoisotopic (exact) mass is 279 g/mol. The van der Waals surface area contributed by atoms with Gasteiger partial charge < -0.3 is 10.1 Å². The number of rotatable bonds is 7. The number of halogens is 1. The molecule has 1 saturated carbocycles. The standard InChI is InChI=1S/C17H26FNO/c1-2-12-19-14-17(10-6-3-7-11-17)20-13-15-8-4-5-9-16(15)18/h4-5,8-9,19H,2-3,6-7,10-14H2,1H3. The van der Waals surface area contributed by atoms with Crippen LogP contribution < -0.4 is 5.32 Å². The van der Waals surface area contributed by atoms with Gasteiger partial charge in [-0.1, -0.05) is 44.4 Å². The molecule has 2 nitrogen and oxygen atoms in total. The number of nitrogens with one attached hydrogen (secondary N) is 1. The Hall–Kier alpha value is -0.930. The van der Waals surface area contributed by atoms with Gasteiger partial charge in [0, 0.05) is 12.1 Å². The van der Waals surface area contributed by atoms with Crippen LogP contribution in [0.15, 0.2) is 24.3 Å². The maximum atomic E-state index is 13.7. The van der Waals surface area contributed by atoms with Gasteiger partial charge in [-0.2, -0.15) is 0 Å². The molecule has 20 heavy (non-hydrogen) atoms. The molecule has 1 aromatic carbocycles. The fourth-order valence-corrected chi connectivity index (χ4v) is 2.91. The van der Waals surface area contributed by atoms with E-state index in [2.05, 4.69) is 12.2 Å². The molecule has 2 rings (SSSR count). The Morgan fingerprint density at radius 1 is 1.20 bits per heavy atom. The normalized spacial score (nSPS) is 18.1. The molecule has 0 spiro atoms. The van der Waals surface area contributed by atoms with Gasteiger partial charge in [0.25, 0.3) is 0 Å². The number of hydrogen-bond donors (Lipinski definition) is 1. The minimum atomic E-state index is -0.167. The summed E-state index contributed by atoms with van der Waals surface area (Å²) in [6.45, 7) is 4.45. The Kier molecular flexibility index (Phi) is 5.99. The van der Waals surface area contributed by atoms with E-state index in [1.165, 1.54) is 25.3 Å². The Morgan fingerprint density at radius 2 is 1.95 bits per heavy atom. The molecule has 1 aliphatic carbocycles. The third kappa shape index (κ3) is 4.29. The lowest BCUT2D eigenvalue weighted by atomic mass is 9.84. The lowest BCUT2D eigenvalue weighted by molar-refractivity contribution is -0.0791. The molecule has 1 fully saturated rings. The van der Waals surface area contributed by atoms with E-state index in [1.54, 1.807) is 6.07 Å². The minimum absolute atomic E-state index is 0.101. The van der Waals surface area contributed by atoms with Crippen molar-refractivity contribution in [3.8, 4) is 0 Å². The Balaban J connectivity index is 1.95. The van der Waals surface area contributed by atoms with Crippen molar-refractivity contribution in [2.75, 3.05) is 13.1 Å². The second-order valence-electron chi connectivity index (χ2n) is 5.80. The summed E-state index contributed by atoms with van der Waals surface area (Å²) in [6, 6.07) is 6.90. The Labute approximate surface area is 121 Å². The number of ether oxygens (including phenoxy) is 1. The molecular formula is C17H26FNO. The van der Waals surface area contributed by atoms with Gasteiger partial charge in [0.2, 0.25) is 0 Å². The van der Waals surface area contributed by atoms with E-state index in [0.717, 1.165) is 32.4 Å². The first-order valence-corrected chi connectivity index (χ1v) is 7.84. The van der Waals surface area contributed by atoms with E-state index in [0.29, 0.717) is 12.2 Å². The van der Waals surface area contributed by atoms with Crippen LogP contribution in [0, 0.1) is 5.82 Å². The molecule has 0 atom stereocenters. The zero-order valence-electron chi connectivity index (χ0n) is 12.5. The molecule has 0 unspecified atom stereocenters. The summed E-state index contributed by atoms with van der Waals surface area (Å²) in [5, 5.41) is 3.48. The van der Waals surface area contributed by atoms with Crippen LogP contribution in [-0.2, 0) is 11.3 Å². The van der Waals surface area contributed by atoms with Gasteiger partial charge in [-0.15, -0.1) is 0 Å². The topological polar surface area (TPSA) is 21.3 Å². The van der Waals surface area contributed by atoms with Crippen molar-refractivity contribution >= 4 is 0 Å². The van der Waals surface area contributed by atoms with Gasteiger partial charge in [-0.05, 0) is 31.9 Å². The Bertz CT molecular complexity index is 402. The fourth-order valence-electron chi connectivity index (χ4n) is 2.91. The van der Waals surface area contributed by atoms with Crippen LogP contribution in [0.2, 0.25) is 0 Å². The van der Waals surface area contributed by atoms with E-state index in [4.69, 9.17) is 4.74 Å². The second-order valence-corrected chi connectivity index (χ2v) is 5.80. The quantitative estimate of drug-likeness (QED) is 0.760. The lowest BCUT2D eigenvalue weighted by Gasteiger charge is -2.37. The summed E-state index contributed by atoms with van der Waals surface area (Å²) < 4.78 is 19.9. The summed E-state index contributed by atoms with van der Waals surface area (Å²) >= 11 is 0. The highest BCUT2D eigenvalue weighted by Crippen LogP contribution is 2.32. The predicted molar refractivity (Wildman–Crippen MR) is 80.2 cm³/mol. The molecule has 0 bridgehead atoms. The first-order valence-electron chi connectivity index (χ1n) is 7.84. The van der Waals surface area contributed by atoms with Gasteiger partial charge in [0.1, 0.15) is 5.82 Å². The molecule has 0 heterocycles. The van der Waals surface area contributed by atoms with E-state index < -0.39 is 0 Å². The molecular weight excluding hydrogens is 253 g/mol. The van der Waals surface area contributed by atoms with Crippen LogP contribution in [0.4, 0.5) is 4.39 Å². The molecule has 1 aliphatic rings. The van der Waals surface area contributed by atoms with E-state index in [1.807, 2.05) is 12.1 Å². The summed E-state index contributed by atoms with van der Waals surface area (Å²) in [5.41, 5.74) is 0.559. The first kappa shape index (κ1) is 15.5. The van der Waals surface area contributed by atoms with Crippen molar-refractivity contribution in [2.24, 2.45) is 0 Å². The summed E-state index contributed by atoms with van der Waals surface area (Å²) in [6.07, 6.45) is 7.01. The number of benzene rings is 1.